The fourth-order valence-electron chi connectivity index (χ4n) is 3.65. The molecule has 168 valence electrons. The van der Waals surface area contributed by atoms with Gasteiger partial charge in [-0.2, -0.15) is 0 Å². The van der Waals surface area contributed by atoms with E-state index in [1.165, 1.54) is 0 Å². The molecule has 2 aromatic carbocycles. The van der Waals surface area contributed by atoms with Crippen LogP contribution in [0.3, 0.4) is 0 Å². The fourth-order valence-corrected chi connectivity index (χ4v) is 3.65. The molecule has 4 amide bonds. The highest BCUT2D eigenvalue weighted by atomic mass is 16.7. The molecule has 0 bridgehead atoms. The van der Waals surface area contributed by atoms with Crippen molar-refractivity contribution >= 4 is 17.8 Å². The van der Waals surface area contributed by atoms with Gasteiger partial charge in [0, 0.05) is 13.0 Å². The first kappa shape index (κ1) is 21.5. The van der Waals surface area contributed by atoms with Gasteiger partial charge >= 0.3 is 6.03 Å². The molecule has 0 unspecified atom stereocenters. The zero-order valence-corrected chi connectivity index (χ0v) is 17.8. The fraction of sp³-hybridized carbons (Fsp3) is 0.348. The summed E-state index contributed by atoms with van der Waals surface area (Å²) in [6.07, 6.45) is 1.09. The van der Waals surface area contributed by atoms with Crippen molar-refractivity contribution in [2.24, 2.45) is 0 Å². The number of nitrogens with zero attached hydrogens (tertiary/aromatic N) is 1. The summed E-state index contributed by atoms with van der Waals surface area (Å²) in [6, 6.07) is 11.8. The van der Waals surface area contributed by atoms with Crippen LogP contribution < -0.4 is 24.8 Å². The molecule has 4 rings (SSSR count). The molecule has 0 spiro atoms. The van der Waals surface area contributed by atoms with E-state index in [2.05, 4.69) is 10.6 Å². The molecule has 0 saturated carbocycles. The van der Waals surface area contributed by atoms with Crippen LogP contribution in [0.15, 0.2) is 42.5 Å². The monoisotopic (exact) mass is 439 g/mol. The topological polar surface area (TPSA) is 106 Å². The van der Waals surface area contributed by atoms with Gasteiger partial charge in [0.1, 0.15) is 11.8 Å². The van der Waals surface area contributed by atoms with Crippen molar-refractivity contribution in [2.45, 2.75) is 31.8 Å². The normalized spacial score (nSPS) is 16.8. The molecule has 9 heteroatoms. The second-order valence-electron chi connectivity index (χ2n) is 7.60. The van der Waals surface area contributed by atoms with E-state index in [-0.39, 0.29) is 38.0 Å². The van der Waals surface area contributed by atoms with Crippen LogP contribution in [0.1, 0.15) is 24.0 Å². The van der Waals surface area contributed by atoms with Crippen LogP contribution in [0, 0.1) is 0 Å². The molecule has 2 aromatic rings. The molecular weight excluding hydrogens is 414 g/mol. The Morgan fingerprint density at radius 1 is 1.12 bits per heavy atom. The number of rotatable bonds is 9. The van der Waals surface area contributed by atoms with Crippen molar-refractivity contribution in [1.29, 1.82) is 0 Å². The SMILES string of the molecule is COc1ccc(CCNC(=O)CC[C@H]2NC(=O)N(Cc3ccc4c(c3)OCO4)C2=O)cc1. The lowest BCUT2D eigenvalue weighted by Crippen LogP contribution is -2.33. The number of carbonyl (C=O) groups excluding carboxylic acids is 3. The first-order valence-corrected chi connectivity index (χ1v) is 10.4. The third-order valence-corrected chi connectivity index (χ3v) is 5.44. The highest BCUT2D eigenvalue weighted by Gasteiger charge is 2.38. The van der Waals surface area contributed by atoms with Gasteiger partial charge in [-0.1, -0.05) is 18.2 Å². The van der Waals surface area contributed by atoms with Gasteiger partial charge in [0.05, 0.1) is 13.7 Å². The minimum atomic E-state index is -0.705. The Kier molecular flexibility index (Phi) is 6.44. The molecule has 2 N–H and O–H groups in total. The number of fused-ring (bicyclic) bond motifs is 1. The van der Waals surface area contributed by atoms with Crippen LogP contribution in [-0.4, -0.2) is 49.2 Å². The largest absolute Gasteiger partial charge is 0.497 e. The maximum Gasteiger partial charge on any atom is 0.325 e. The summed E-state index contributed by atoms with van der Waals surface area (Å²) < 4.78 is 15.7. The predicted octanol–water partition coefficient (Wildman–Crippen LogP) is 1.98. The average molecular weight is 439 g/mol. The summed E-state index contributed by atoms with van der Waals surface area (Å²) in [4.78, 5) is 38.3. The molecule has 2 aliphatic rings. The van der Waals surface area contributed by atoms with Crippen LogP contribution in [-0.2, 0) is 22.6 Å². The molecule has 0 aromatic heterocycles. The summed E-state index contributed by atoms with van der Waals surface area (Å²) in [5.74, 6) is 1.53. The van der Waals surface area contributed by atoms with E-state index in [4.69, 9.17) is 14.2 Å². The van der Waals surface area contributed by atoms with Crippen molar-refractivity contribution in [3.63, 3.8) is 0 Å². The Morgan fingerprint density at radius 3 is 2.66 bits per heavy atom. The van der Waals surface area contributed by atoms with Gasteiger partial charge in [0.15, 0.2) is 11.5 Å². The number of benzene rings is 2. The Bertz CT molecular complexity index is 1010. The molecule has 0 radical (unpaired) electrons. The van der Waals surface area contributed by atoms with Gasteiger partial charge in [0.2, 0.25) is 12.7 Å². The third-order valence-electron chi connectivity index (χ3n) is 5.44. The van der Waals surface area contributed by atoms with E-state index >= 15 is 0 Å². The van der Waals surface area contributed by atoms with E-state index in [1.54, 1.807) is 25.3 Å². The van der Waals surface area contributed by atoms with Crippen LogP contribution in [0.4, 0.5) is 4.79 Å². The van der Waals surface area contributed by atoms with Crippen molar-refractivity contribution in [3.05, 3.63) is 53.6 Å². The maximum atomic E-state index is 12.7. The number of urea groups is 1. The molecule has 1 atom stereocenters. The number of amides is 4. The van der Waals surface area contributed by atoms with Gasteiger partial charge in [0.25, 0.3) is 5.91 Å². The number of imide groups is 1. The number of nitrogens with one attached hydrogen (secondary N) is 2. The minimum Gasteiger partial charge on any atom is -0.497 e. The Balaban J connectivity index is 1.21. The molecule has 1 fully saturated rings. The number of methoxy groups -OCH3 is 1. The van der Waals surface area contributed by atoms with Crippen molar-refractivity contribution < 1.29 is 28.6 Å². The van der Waals surface area contributed by atoms with Gasteiger partial charge < -0.3 is 24.8 Å². The lowest BCUT2D eigenvalue weighted by molar-refractivity contribution is -0.128. The van der Waals surface area contributed by atoms with E-state index in [1.807, 2.05) is 24.3 Å². The average Bonchev–Trinajstić information content (AvgIpc) is 3.37. The predicted molar refractivity (Wildman–Crippen MR) is 114 cm³/mol. The first-order valence-electron chi connectivity index (χ1n) is 10.4. The first-order chi connectivity index (χ1) is 15.5. The molecule has 9 nitrogen and oxygen atoms in total. The van der Waals surface area contributed by atoms with E-state index in [9.17, 15) is 14.4 Å². The molecule has 2 aliphatic heterocycles. The number of hydrogen-bond acceptors (Lipinski definition) is 6. The standard InChI is InChI=1S/C23H25N3O6/c1-30-17-5-2-15(3-6-17)10-11-24-21(27)9-7-18-22(28)26(23(29)25-18)13-16-4-8-19-20(12-16)32-14-31-19/h2-6,8,12,18H,7,9-11,13-14H2,1H3,(H,24,27)(H,25,29)/t18-/m1/s1. The molecule has 32 heavy (non-hydrogen) atoms. The smallest absolute Gasteiger partial charge is 0.325 e. The van der Waals surface area contributed by atoms with Crippen molar-refractivity contribution in [2.75, 3.05) is 20.4 Å². The second kappa shape index (κ2) is 9.59. The maximum absolute atomic E-state index is 12.7. The zero-order valence-electron chi connectivity index (χ0n) is 17.8. The van der Waals surface area contributed by atoms with Crippen molar-refractivity contribution in [3.8, 4) is 17.2 Å². The summed E-state index contributed by atoms with van der Waals surface area (Å²) in [6.45, 7) is 0.782. The van der Waals surface area contributed by atoms with E-state index in [0.29, 0.717) is 24.5 Å². The molecule has 1 saturated heterocycles. The van der Waals surface area contributed by atoms with Gasteiger partial charge in [-0.15, -0.1) is 0 Å². The molecular formula is C23H25N3O6. The van der Waals surface area contributed by atoms with Crippen LogP contribution in [0.25, 0.3) is 0 Å². The summed E-state index contributed by atoms with van der Waals surface area (Å²) in [5.41, 5.74) is 1.85. The second-order valence-corrected chi connectivity index (χ2v) is 7.60. The quantitative estimate of drug-likeness (QED) is 0.579. The highest BCUT2D eigenvalue weighted by molar-refractivity contribution is 6.04. The van der Waals surface area contributed by atoms with Gasteiger partial charge in [-0.05, 0) is 48.2 Å². The summed E-state index contributed by atoms with van der Waals surface area (Å²) >= 11 is 0. The molecule has 2 heterocycles. The minimum absolute atomic E-state index is 0.131. The summed E-state index contributed by atoms with van der Waals surface area (Å²) in [7, 11) is 1.61. The zero-order chi connectivity index (χ0) is 22.5. The van der Waals surface area contributed by atoms with Crippen LogP contribution in [0.5, 0.6) is 17.2 Å². The Hall–Kier alpha value is -3.75. The van der Waals surface area contributed by atoms with E-state index < -0.39 is 12.1 Å². The summed E-state index contributed by atoms with van der Waals surface area (Å²) in [5, 5.41) is 5.52. The van der Waals surface area contributed by atoms with Crippen molar-refractivity contribution in [1.82, 2.24) is 15.5 Å². The number of ether oxygens (including phenoxy) is 3. The lowest BCUT2D eigenvalue weighted by Gasteiger charge is -2.13. The van der Waals surface area contributed by atoms with Crippen LogP contribution >= 0.6 is 0 Å². The van der Waals surface area contributed by atoms with Gasteiger partial charge in [-0.3, -0.25) is 14.5 Å². The van der Waals surface area contributed by atoms with E-state index in [0.717, 1.165) is 21.8 Å². The Morgan fingerprint density at radius 2 is 1.88 bits per heavy atom. The number of carbonyl (C=O) groups is 3. The van der Waals surface area contributed by atoms with Gasteiger partial charge in [-0.25, -0.2) is 4.79 Å². The molecule has 0 aliphatic carbocycles. The van der Waals surface area contributed by atoms with Crippen LogP contribution in [0.2, 0.25) is 0 Å². The lowest BCUT2D eigenvalue weighted by atomic mass is 10.1. The number of hydrogen-bond donors (Lipinski definition) is 2. The highest BCUT2D eigenvalue weighted by Crippen LogP contribution is 2.33. The third kappa shape index (κ3) is 4.93. The Labute approximate surface area is 185 Å².